The van der Waals surface area contributed by atoms with E-state index in [4.69, 9.17) is 23.2 Å². The van der Waals surface area contributed by atoms with Gasteiger partial charge in [-0.1, -0.05) is 43.3 Å². The molecule has 0 amide bonds. The van der Waals surface area contributed by atoms with Gasteiger partial charge in [0.15, 0.2) is 10.9 Å². The van der Waals surface area contributed by atoms with E-state index in [-0.39, 0.29) is 0 Å². The molecule has 1 atom stereocenters. The molecule has 1 aliphatic heterocycles. The fraction of sp³-hybridized carbons (Fsp3) is 0.467. The van der Waals surface area contributed by atoms with Gasteiger partial charge in [0.2, 0.25) is 0 Å². The number of hydrogen-bond donors (Lipinski definition) is 1. The monoisotopic (exact) mass is 307 g/mol. The van der Waals surface area contributed by atoms with Crippen LogP contribution >= 0.6 is 23.4 Å². The van der Waals surface area contributed by atoms with Crippen LogP contribution in [0.15, 0.2) is 17.1 Å². The first kappa shape index (κ1) is 15.2. The van der Waals surface area contributed by atoms with Crippen molar-refractivity contribution in [1.29, 1.82) is 0 Å². The van der Waals surface area contributed by atoms with Crippen molar-refractivity contribution < 1.29 is 0 Å². The molecule has 0 fully saturated rings. The van der Waals surface area contributed by atoms with Crippen molar-refractivity contribution in [2.45, 2.75) is 33.2 Å². The summed E-state index contributed by atoms with van der Waals surface area (Å²) in [4.78, 5) is 8.11. The van der Waals surface area contributed by atoms with Gasteiger partial charge in [-0.05, 0) is 30.9 Å². The third-order valence-electron chi connectivity index (χ3n) is 3.09. The maximum atomic E-state index is 7.04. The molecule has 1 heterocycles. The van der Waals surface area contributed by atoms with E-state index in [9.17, 15) is 0 Å². The molecule has 0 aliphatic carbocycles. The fourth-order valence-corrected chi connectivity index (χ4v) is 3.47. The minimum atomic E-state index is 0.393. The second kappa shape index (κ2) is 6.51. The van der Waals surface area contributed by atoms with Gasteiger partial charge < -0.3 is 5.32 Å². The van der Waals surface area contributed by atoms with Gasteiger partial charge in [0.25, 0.3) is 0 Å². The molecule has 0 bridgehead atoms. The van der Waals surface area contributed by atoms with E-state index in [2.05, 4.69) is 24.0 Å². The molecule has 1 N–H and O–H groups in total. The topological polar surface area (TPSA) is 28.8 Å². The highest BCUT2D eigenvalue weighted by Gasteiger charge is 2.20. The predicted octanol–water partition coefficient (Wildman–Crippen LogP) is 5.13. The molecule has 0 radical (unpaired) electrons. The number of aliphatic imine (C=N–C) groups is 1. The first-order valence-electron chi connectivity index (χ1n) is 6.64. The number of amidine groups is 1. The molecule has 0 saturated heterocycles. The normalized spacial score (nSPS) is 18.0. The van der Waals surface area contributed by atoms with Gasteiger partial charge in [0.05, 0.1) is 23.3 Å². The van der Waals surface area contributed by atoms with Crippen LogP contribution < -0.4 is 5.32 Å². The minimum absolute atomic E-state index is 0.393. The van der Waals surface area contributed by atoms with Crippen LogP contribution in [-0.4, -0.2) is 17.0 Å². The zero-order valence-corrected chi connectivity index (χ0v) is 13.5. The first-order chi connectivity index (χ1) is 9.49. The molecule has 3 nitrogen and oxygen atoms in total. The molecule has 1 aliphatic rings. The maximum Gasteiger partial charge on any atom is 0.189 e. The number of halogens is 1. The lowest BCUT2D eigenvalue weighted by Crippen LogP contribution is -2.08. The number of nitrogens with one attached hydrogen (secondary N) is 1. The Hall–Kier alpha value is -1.18. The number of nitrogens with zero attached hydrogens (tertiary/aromatic N) is 2. The number of rotatable bonds is 3. The van der Waals surface area contributed by atoms with E-state index in [1.54, 1.807) is 17.8 Å². The van der Waals surface area contributed by atoms with E-state index in [1.807, 2.05) is 13.0 Å². The summed E-state index contributed by atoms with van der Waals surface area (Å²) >= 11 is 7.98. The Morgan fingerprint density at radius 3 is 2.90 bits per heavy atom. The number of hydrogen-bond acceptors (Lipinski definition) is 3. The van der Waals surface area contributed by atoms with Crippen molar-refractivity contribution in [2.75, 3.05) is 11.1 Å². The molecule has 0 spiro atoms. The van der Waals surface area contributed by atoms with E-state index in [0.717, 1.165) is 28.6 Å². The summed E-state index contributed by atoms with van der Waals surface area (Å²) in [5.41, 5.74) is 2.39. The molecule has 1 aromatic carbocycles. The fourth-order valence-electron chi connectivity index (χ4n) is 2.20. The smallest absolute Gasteiger partial charge is 0.189 e. The third-order valence-corrected chi connectivity index (χ3v) is 4.42. The molecule has 2 rings (SSSR count). The summed E-state index contributed by atoms with van der Waals surface area (Å²) in [7, 11) is 0. The van der Waals surface area contributed by atoms with Crippen LogP contribution in [0, 0.1) is 19.4 Å². The molecular weight excluding hydrogens is 290 g/mol. The van der Waals surface area contributed by atoms with Gasteiger partial charge in [-0.25, -0.2) is 4.85 Å². The predicted molar refractivity (Wildman–Crippen MR) is 89.2 cm³/mol. The molecule has 1 aromatic rings. The van der Waals surface area contributed by atoms with Crippen LogP contribution in [0.25, 0.3) is 4.85 Å². The average molecular weight is 308 g/mol. The van der Waals surface area contributed by atoms with Gasteiger partial charge in [-0.2, -0.15) is 0 Å². The van der Waals surface area contributed by atoms with Crippen LogP contribution in [0.1, 0.15) is 25.8 Å². The SMILES string of the molecule is [C-]#[N+]c1cc(C)c(NC2=NC(CC(C)C)CS2)c(Cl)c1. The van der Waals surface area contributed by atoms with Crippen LogP contribution in [0.3, 0.4) is 0 Å². The van der Waals surface area contributed by atoms with Crippen molar-refractivity contribution in [1.82, 2.24) is 0 Å². The molecular formula is C15H18ClN3S. The standard InChI is InChI=1S/C15H18ClN3S/c1-9(2)5-12-8-20-15(18-12)19-14-10(3)6-11(17-4)7-13(14)16/h6-7,9,12H,5,8H2,1-3H3,(H,18,19). The third kappa shape index (κ3) is 3.68. The summed E-state index contributed by atoms with van der Waals surface area (Å²) in [6, 6.07) is 3.92. The van der Waals surface area contributed by atoms with Crippen molar-refractivity contribution in [3.8, 4) is 0 Å². The summed E-state index contributed by atoms with van der Waals surface area (Å²) in [6.07, 6.45) is 1.11. The first-order valence-corrected chi connectivity index (χ1v) is 8.01. The molecule has 0 saturated carbocycles. The Morgan fingerprint density at radius 2 is 2.30 bits per heavy atom. The van der Waals surface area contributed by atoms with Gasteiger partial charge >= 0.3 is 0 Å². The lowest BCUT2D eigenvalue weighted by molar-refractivity contribution is 0.529. The van der Waals surface area contributed by atoms with Crippen LogP contribution in [0.5, 0.6) is 0 Å². The second-order valence-electron chi connectivity index (χ2n) is 5.38. The maximum absolute atomic E-state index is 7.04. The van der Waals surface area contributed by atoms with E-state index in [1.165, 1.54) is 0 Å². The minimum Gasteiger partial charge on any atom is -0.334 e. The van der Waals surface area contributed by atoms with Crippen molar-refractivity contribution >= 4 is 39.9 Å². The van der Waals surface area contributed by atoms with Gasteiger partial charge in [-0.15, -0.1) is 0 Å². The second-order valence-corrected chi connectivity index (χ2v) is 6.80. The molecule has 20 heavy (non-hydrogen) atoms. The van der Waals surface area contributed by atoms with Gasteiger partial charge in [0, 0.05) is 5.75 Å². The highest BCUT2D eigenvalue weighted by molar-refractivity contribution is 8.14. The molecule has 1 unspecified atom stereocenters. The number of thioether (sulfide) groups is 1. The highest BCUT2D eigenvalue weighted by atomic mass is 35.5. The van der Waals surface area contributed by atoms with Gasteiger partial charge in [0.1, 0.15) is 0 Å². The molecule has 5 heteroatoms. The Kier molecular flexibility index (Phi) is 4.95. The van der Waals surface area contributed by atoms with Crippen LogP contribution in [0.2, 0.25) is 5.02 Å². The highest BCUT2D eigenvalue weighted by Crippen LogP contribution is 2.33. The Morgan fingerprint density at radius 1 is 1.55 bits per heavy atom. The molecule has 0 aromatic heterocycles. The summed E-state index contributed by atoms with van der Waals surface area (Å²) < 4.78 is 0. The summed E-state index contributed by atoms with van der Waals surface area (Å²) in [5, 5.41) is 4.81. The van der Waals surface area contributed by atoms with E-state index >= 15 is 0 Å². The summed E-state index contributed by atoms with van der Waals surface area (Å²) in [5.74, 6) is 1.68. The zero-order chi connectivity index (χ0) is 14.7. The van der Waals surface area contributed by atoms with Crippen molar-refractivity contribution in [3.05, 3.63) is 34.1 Å². The van der Waals surface area contributed by atoms with Crippen molar-refractivity contribution in [2.24, 2.45) is 10.9 Å². The number of benzene rings is 1. The lowest BCUT2D eigenvalue weighted by atomic mass is 10.1. The Balaban J connectivity index is 2.14. The Labute approximate surface area is 129 Å². The summed E-state index contributed by atoms with van der Waals surface area (Å²) in [6.45, 7) is 13.4. The van der Waals surface area contributed by atoms with E-state index < -0.39 is 0 Å². The number of aryl methyl sites for hydroxylation is 1. The van der Waals surface area contributed by atoms with Crippen LogP contribution in [0.4, 0.5) is 11.4 Å². The number of anilines is 1. The quantitative estimate of drug-likeness (QED) is 0.784. The average Bonchev–Trinajstić information content (AvgIpc) is 2.80. The lowest BCUT2D eigenvalue weighted by Gasteiger charge is -2.11. The zero-order valence-electron chi connectivity index (χ0n) is 11.9. The Bertz CT molecular complexity index is 552. The van der Waals surface area contributed by atoms with E-state index in [0.29, 0.717) is 22.7 Å². The van der Waals surface area contributed by atoms with Crippen molar-refractivity contribution in [3.63, 3.8) is 0 Å². The van der Waals surface area contributed by atoms with Crippen LogP contribution in [-0.2, 0) is 0 Å². The largest absolute Gasteiger partial charge is 0.334 e. The molecule has 106 valence electrons. The van der Waals surface area contributed by atoms with Gasteiger partial charge in [-0.3, -0.25) is 4.99 Å².